The van der Waals surface area contributed by atoms with Crippen molar-refractivity contribution in [1.29, 1.82) is 0 Å². The molecular weight excluding hydrogens is 448 g/mol. The molecule has 0 atom stereocenters. The maximum atomic E-state index is 13.0. The van der Waals surface area contributed by atoms with Gasteiger partial charge < -0.3 is 10.1 Å². The van der Waals surface area contributed by atoms with E-state index in [-0.39, 0.29) is 18.2 Å². The van der Waals surface area contributed by atoms with E-state index in [0.29, 0.717) is 35.7 Å². The van der Waals surface area contributed by atoms with E-state index in [2.05, 4.69) is 5.32 Å². The smallest absolute Gasteiger partial charge is 0.255 e. The van der Waals surface area contributed by atoms with Crippen LogP contribution in [0.15, 0.2) is 66.7 Å². The van der Waals surface area contributed by atoms with E-state index in [1.807, 2.05) is 58.0 Å². The first-order valence-electron chi connectivity index (χ1n) is 11.4. The molecule has 180 valence electrons. The van der Waals surface area contributed by atoms with Crippen LogP contribution in [0.1, 0.15) is 47.3 Å². The fourth-order valence-electron chi connectivity index (χ4n) is 3.57. The third-order valence-corrected chi connectivity index (χ3v) is 7.49. The number of ether oxygens (including phenoxy) is 1. The third-order valence-electron chi connectivity index (χ3n) is 5.55. The lowest BCUT2D eigenvalue weighted by Crippen LogP contribution is -2.32. The van der Waals surface area contributed by atoms with Gasteiger partial charge in [0.1, 0.15) is 5.75 Å². The Balaban J connectivity index is 1.81. The lowest BCUT2D eigenvalue weighted by Gasteiger charge is -2.25. The highest BCUT2D eigenvalue weighted by atomic mass is 32.2. The van der Waals surface area contributed by atoms with Gasteiger partial charge in [0.2, 0.25) is 10.0 Å². The molecule has 0 radical (unpaired) electrons. The summed E-state index contributed by atoms with van der Waals surface area (Å²) in [6.07, 6.45) is 0.534. The number of carbonyl (C=O) groups is 1. The van der Waals surface area contributed by atoms with Crippen molar-refractivity contribution in [3.8, 4) is 5.75 Å². The number of benzene rings is 3. The maximum Gasteiger partial charge on any atom is 0.255 e. The zero-order chi connectivity index (χ0) is 24.7. The summed E-state index contributed by atoms with van der Waals surface area (Å²) in [4.78, 5) is 12.8. The topological polar surface area (TPSA) is 75.7 Å². The van der Waals surface area contributed by atoms with E-state index < -0.39 is 10.0 Å². The standard InChI is InChI=1S/C27H32N2O4S/c1-5-17-34(31,32)29(24-16-11-20(3)21(4)18-24)19-22-12-14-23(15-13-22)27(30)28-25-9-7-8-10-26(25)33-6-2/h7-16,18H,5-6,17,19H2,1-4H3,(H,28,30). The molecule has 0 saturated carbocycles. The first-order chi connectivity index (χ1) is 16.2. The summed E-state index contributed by atoms with van der Waals surface area (Å²) in [5.41, 5.74) is 4.66. The van der Waals surface area contributed by atoms with E-state index in [0.717, 1.165) is 16.7 Å². The predicted molar refractivity (Wildman–Crippen MR) is 138 cm³/mol. The fraction of sp³-hybridized carbons (Fsp3) is 0.296. The second-order valence-corrected chi connectivity index (χ2v) is 10.2. The van der Waals surface area contributed by atoms with Crippen molar-refractivity contribution >= 4 is 27.3 Å². The van der Waals surface area contributed by atoms with Gasteiger partial charge in [0, 0.05) is 5.56 Å². The molecule has 0 bridgehead atoms. The first kappa shape index (κ1) is 25.3. The number of para-hydroxylation sites is 2. The van der Waals surface area contributed by atoms with Crippen LogP contribution in [0.3, 0.4) is 0 Å². The van der Waals surface area contributed by atoms with E-state index in [1.54, 1.807) is 36.4 Å². The summed E-state index contributed by atoms with van der Waals surface area (Å²) < 4.78 is 33.1. The normalized spacial score (nSPS) is 11.2. The number of rotatable bonds is 10. The minimum atomic E-state index is -3.49. The fourth-order valence-corrected chi connectivity index (χ4v) is 5.09. The van der Waals surface area contributed by atoms with Gasteiger partial charge >= 0.3 is 0 Å². The molecule has 1 N–H and O–H groups in total. The molecule has 6 nitrogen and oxygen atoms in total. The Kier molecular flexibility index (Phi) is 8.34. The average molecular weight is 481 g/mol. The van der Waals surface area contributed by atoms with Gasteiger partial charge in [-0.3, -0.25) is 9.10 Å². The number of carbonyl (C=O) groups excluding carboxylic acids is 1. The van der Waals surface area contributed by atoms with Gasteiger partial charge in [-0.15, -0.1) is 0 Å². The van der Waals surface area contributed by atoms with Crippen molar-refractivity contribution < 1.29 is 17.9 Å². The highest BCUT2D eigenvalue weighted by Crippen LogP contribution is 2.26. The molecular formula is C27H32N2O4S. The molecule has 0 aromatic heterocycles. The molecule has 0 aliphatic heterocycles. The van der Waals surface area contributed by atoms with Crippen LogP contribution in [0.2, 0.25) is 0 Å². The van der Waals surface area contributed by atoms with Crippen molar-refractivity contribution in [3.05, 3.63) is 89.0 Å². The Morgan fingerprint density at radius 3 is 2.29 bits per heavy atom. The monoisotopic (exact) mass is 480 g/mol. The highest BCUT2D eigenvalue weighted by molar-refractivity contribution is 7.92. The Bertz CT molecular complexity index is 1240. The van der Waals surface area contributed by atoms with Gasteiger partial charge in [-0.1, -0.05) is 37.3 Å². The van der Waals surface area contributed by atoms with E-state index in [9.17, 15) is 13.2 Å². The zero-order valence-electron chi connectivity index (χ0n) is 20.2. The van der Waals surface area contributed by atoms with Crippen LogP contribution in [-0.4, -0.2) is 26.7 Å². The molecule has 3 aromatic rings. The minimum Gasteiger partial charge on any atom is -0.492 e. The largest absolute Gasteiger partial charge is 0.492 e. The number of amides is 1. The molecule has 3 rings (SSSR count). The molecule has 0 fully saturated rings. The van der Waals surface area contributed by atoms with Crippen molar-refractivity contribution in [2.45, 2.75) is 40.7 Å². The number of nitrogens with one attached hydrogen (secondary N) is 1. The van der Waals surface area contributed by atoms with Crippen LogP contribution in [0.4, 0.5) is 11.4 Å². The average Bonchev–Trinajstić information content (AvgIpc) is 2.81. The number of anilines is 2. The maximum absolute atomic E-state index is 13.0. The van der Waals surface area contributed by atoms with Gasteiger partial charge in [-0.2, -0.15) is 0 Å². The molecule has 0 saturated heterocycles. The van der Waals surface area contributed by atoms with E-state index in [1.165, 1.54) is 4.31 Å². The summed E-state index contributed by atoms with van der Waals surface area (Å²) in [6, 6.07) is 20.0. The van der Waals surface area contributed by atoms with Gasteiger partial charge in [0.05, 0.1) is 30.3 Å². The Hall–Kier alpha value is -3.32. The van der Waals surface area contributed by atoms with Crippen LogP contribution in [0.5, 0.6) is 5.75 Å². The Morgan fingerprint density at radius 2 is 1.65 bits per heavy atom. The molecule has 0 aliphatic rings. The van der Waals surface area contributed by atoms with Crippen LogP contribution < -0.4 is 14.4 Å². The van der Waals surface area contributed by atoms with Gasteiger partial charge in [-0.05, 0) is 80.3 Å². The number of aryl methyl sites for hydroxylation is 2. The summed E-state index contributed by atoms with van der Waals surface area (Å²) in [7, 11) is -3.49. The third kappa shape index (κ3) is 6.17. The van der Waals surface area contributed by atoms with Gasteiger partial charge in [-0.25, -0.2) is 8.42 Å². The minimum absolute atomic E-state index is 0.0691. The van der Waals surface area contributed by atoms with Crippen molar-refractivity contribution in [2.24, 2.45) is 0 Å². The first-order valence-corrected chi connectivity index (χ1v) is 13.1. The molecule has 1 amide bonds. The molecule has 3 aromatic carbocycles. The van der Waals surface area contributed by atoms with Gasteiger partial charge in [0.25, 0.3) is 5.91 Å². The predicted octanol–water partition coefficient (Wildman–Crippen LogP) is 5.70. The number of sulfonamides is 1. The Morgan fingerprint density at radius 1 is 0.941 bits per heavy atom. The van der Waals surface area contributed by atoms with Crippen LogP contribution in [0, 0.1) is 13.8 Å². The van der Waals surface area contributed by atoms with E-state index >= 15 is 0 Å². The number of hydrogen-bond donors (Lipinski definition) is 1. The second kappa shape index (κ2) is 11.2. The lowest BCUT2D eigenvalue weighted by molar-refractivity contribution is 0.102. The van der Waals surface area contributed by atoms with E-state index in [4.69, 9.17) is 4.74 Å². The zero-order valence-corrected chi connectivity index (χ0v) is 21.0. The highest BCUT2D eigenvalue weighted by Gasteiger charge is 2.22. The van der Waals surface area contributed by atoms with Crippen LogP contribution in [-0.2, 0) is 16.6 Å². The van der Waals surface area contributed by atoms with Crippen molar-refractivity contribution in [3.63, 3.8) is 0 Å². The van der Waals surface area contributed by atoms with Gasteiger partial charge in [0.15, 0.2) is 0 Å². The number of nitrogens with zero attached hydrogens (tertiary/aromatic N) is 1. The second-order valence-electron chi connectivity index (χ2n) is 8.17. The van der Waals surface area contributed by atoms with Crippen molar-refractivity contribution in [1.82, 2.24) is 0 Å². The molecule has 34 heavy (non-hydrogen) atoms. The molecule has 0 aliphatic carbocycles. The summed E-state index contributed by atoms with van der Waals surface area (Å²) in [5, 5.41) is 2.88. The Labute approximate surface area is 202 Å². The molecule has 7 heteroatoms. The quantitative estimate of drug-likeness (QED) is 0.404. The summed E-state index contributed by atoms with van der Waals surface area (Å²) in [5.74, 6) is 0.420. The van der Waals surface area contributed by atoms with Crippen LogP contribution in [0.25, 0.3) is 0 Å². The molecule has 0 spiro atoms. The van der Waals surface area contributed by atoms with Crippen LogP contribution >= 0.6 is 0 Å². The summed E-state index contributed by atoms with van der Waals surface area (Å²) >= 11 is 0. The lowest BCUT2D eigenvalue weighted by atomic mass is 10.1. The SMILES string of the molecule is CCCS(=O)(=O)N(Cc1ccc(C(=O)Nc2ccccc2OCC)cc1)c1ccc(C)c(C)c1. The molecule has 0 heterocycles. The molecule has 0 unspecified atom stereocenters. The number of hydrogen-bond acceptors (Lipinski definition) is 4. The van der Waals surface area contributed by atoms with Crippen molar-refractivity contribution in [2.75, 3.05) is 22.0 Å². The summed E-state index contributed by atoms with van der Waals surface area (Å²) in [6.45, 7) is 8.41.